The highest BCUT2D eigenvalue weighted by atomic mass is 16.7. The molecular weight excluding hydrogens is 255 g/mol. The number of hydrogen-bond donors (Lipinski definition) is 0. The third-order valence-corrected chi connectivity index (χ3v) is 3.92. The quantitative estimate of drug-likeness (QED) is 0.468. The molecule has 0 spiro atoms. The van der Waals surface area contributed by atoms with Gasteiger partial charge in [-0.15, -0.1) is 0 Å². The zero-order chi connectivity index (χ0) is 14.8. The Labute approximate surface area is 120 Å². The van der Waals surface area contributed by atoms with E-state index in [0.717, 1.165) is 11.7 Å². The van der Waals surface area contributed by atoms with E-state index in [1.54, 1.807) is 0 Å². The van der Waals surface area contributed by atoms with E-state index in [2.05, 4.69) is 0 Å². The van der Waals surface area contributed by atoms with Gasteiger partial charge in [0, 0.05) is 11.9 Å². The Hall–Kier alpha value is -1.33. The van der Waals surface area contributed by atoms with Crippen LogP contribution in [0, 0.1) is 0 Å². The molecule has 0 unspecified atom stereocenters. The van der Waals surface area contributed by atoms with Crippen LogP contribution in [0.5, 0.6) is 5.75 Å². The number of carbonyl (C=O) groups excluding carboxylic acids is 1. The van der Waals surface area contributed by atoms with Gasteiger partial charge in [-0.25, -0.2) is 0 Å². The lowest BCUT2D eigenvalue weighted by molar-refractivity contribution is -0.108. The van der Waals surface area contributed by atoms with E-state index in [-0.39, 0.29) is 11.2 Å². The van der Waals surface area contributed by atoms with Crippen molar-refractivity contribution in [1.82, 2.24) is 0 Å². The zero-order valence-corrected chi connectivity index (χ0v) is 12.5. The van der Waals surface area contributed by atoms with Crippen LogP contribution >= 0.6 is 0 Å². The van der Waals surface area contributed by atoms with E-state index in [9.17, 15) is 4.79 Å². The molecule has 0 atom stereocenters. The summed E-state index contributed by atoms with van der Waals surface area (Å²) >= 11 is 0. The highest BCUT2D eigenvalue weighted by molar-refractivity contribution is 6.63. The Morgan fingerprint density at radius 2 is 1.75 bits per heavy atom. The maximum Gasteiger partial charge on any atom is 0.498 e. The van der Waals surface area contributed by atoms with Crippen LogP contribution in [0.15, 0.2) is 24.3 Å². The Kier molecular flexibility index (Phi) is 4.21. The molecule has 4 nitrogen and oxygen atoms in total. The fourth-order valence-corrected chi connectivity index (χ4v) is 1.99. The molecule has 0 radical (unpaired) electrons. The Balaban J connectivity index is 2.19. The largest absolute Gasteiger partial charge is 0.498 e. The maximum absolute atomic E-state index is 10.4. The molecule has 1 aromatic rings. The lowest BCUT2D eigenvalue weighted by Gasteiger charge is -2.32. The second kappa shape index (κ2) is 5.58. The van der Waals surface area contributed by atoms with E-state index in [4.69, 9.17) is 14.0 Å². The van der Waals surface area contributed by atoms with Crippen LogP contribution in [0.2, 0.25) is 0 Å². The molecule has 1 saturated heterocycles. The van der Waals surface area contributed by atoms with Crippen LogP contribution in [0.25, 0.3) is 0 Å². The number of aldehydes is 1. The number of carbonyl (C=O) groups is 1. The summed E-state index contributed by atoms with van der Waals surface area (Å²) in [6, 6.07) is 7.61. The van der Waals surface area contributed by atoms with Gasteiger partial charge >= 0.3 is 7.12 Å². The molecule has 0 N–H and O–H groups in total. The Morgan fingerprint density at radius 3 is 2.35 bits per heavy atom. The average Bonchev–Trinajstić information content (AvgIpc) is 2.59. The summed E-state index contributed by atoms with van der Waals surface area (Å²) < 4.78 is 17.7. The Morgan fingerprint density at radius 1 is 1.15 bits per heavy atom. The van der Waals surface area contributed by atoms with E-state index < -0.39 is 7.12 Å². The smallest absolute Gasteiger partial charge is 0.494 e. The summed E-state index contributed by atoms with van der Waals surface area (Å²) in [7, 11) is -0.451. The highest BCUT2D eigenvalue weighted by Crippen LogP contribution is 2.37. The molecule has 0 amide bonds. The number of para-hydroxylation sites is 1. The van der Waals surface area contributed by atoms with Crippen molar-refractivity contribution < 1.29 is 18.8 Å². The second-order valence-electron chi connectivity index (χ2n) is 5.93. The standard InChI is InChI=1S/C15H21BO4/c1-14(2)15(3,4)20-16(19-14)12-8-5-6-9-13(12)18-11-7-10-17/h5-6,8-10H,7,11H2,1-4H3. The van der Waals surface area contributed by atoms with Gasteiger partial charge in [0.05, 0.1) is 17.8 Å². The minimum absolute atomic E-state index is 0.361. The first kappa shape index (κ1) is 15.1. The van der Waals surface area contributed by atoms with Gasteiger partial charge in [0.15, 0.2) is 0 Å². The topological polar surface area (TPSA) is 44.8 Å². The minimum Gasteiger partial charge on any atom is -0.494 e. The number of hydrogen-bond acceptors (Lipinski definition) is 4. The number of benzene rings is 1. The van der Waals surface area contributed by atoms with E-state index in [1.807, 2.05) is 52.0 Å². The van der Waals surface area contributed by atoms with Crippen molar-refractivity contribution in [3.8, 4) is 5.75 Å². The van der Waals surface area contributed by atoms with Crippen molar-refractivity contribution in [3.63, 3.8) is 0 Å². The lowest BCUT2D eigenvalue weighted by atomic mass is 9.78. The van der Waals surface area contributed by atoms with Gasteiger partial charge in [-0.1, -0.05) is 18.2 Å². The van der Waals surface area contributed by atoms with Gasteiger partial charge in [0.1, 0.15) is 12.0 Å². The molecule has 0 aromatic heterocycles. The number of ether oxygens (including phenoxy) is 1. The minimum atomic E-state index is -0.451. The van der Waals surface area contributed by atoms with Crippen molar-refractivity contribution >= 4 is 18.9 Å². The normalized spacial score (nSPS) is 19.9. The molecule has 2 rings (SSSR count). The summed E-state index contributed by atoms with van der Waals surface area (Å²) in [5.41, 5.74) is 0.0956. The predicted octanol–water partition coefficient (Wildman–Crippen LogP) is 1.95. The molecule has 0 aliphatic carbocycles. The molecule has 0 bridgehead atoms. The molecule has 1 fully saturated rings. The van der Waals surface area contributed by atoms with Crippen molar-refractivity contribution in [2.45, 2.75) is 45.3 Å². The Bertz CT molecular complexity index is 469. The molecular formula is C15H21BO4. The van der Waals surface area contributed by atoms with Crippen molar-refractivity contribution in [1.29, 1.82) is 0 Å². The second-order valence-corrected chi connectivity index (χ2v) is 5.93. The monoisotopic (exact) mass is 276 g/mol. The third-order valence-electron chi connectivity index (χ3n) is 3.92. The number of rotatable bonds is 5. The first-order valence-electron chi connectivity index (χ1n) is 6.88. The first-order valence-corrected chi connectivity index (χ1v) is 6.88. The summed E-state index contributed by atoms with van der Waals surface area (Å²) in [6.07, 6.45) is 1.22. The summed E-state index contributed by atoms with van der Waals surface area (Å²) in [4.78, 5) is 10.4. The molecule has 1 aromatic carbocycles. The summed E-state index contributed by atoms with van der Waals surface area (Å²) in [5, 5.41) is 0. The third kappa shape index (κ3) is 2.89. The maximum atomic E-state index is 10.4. The SMILES string of the molecule is CC1(C)OB(c2ccccc2OCCC=O)OC1(C)C. The molecule has 1 aliphatic rings. The van der Waals surface area contributed by atoms with Gasteiger partial charge in [0.2, 0.25) is 0 Å². The summed E-state index contributed by atoms with van der Waals surface area (Å²) in [5.74, 6) is 0.702. The fraction of sp³-hybridized carbons (Fsp3) is 0.533. The van der Waals surface area contributed by atoms with Gasteiger partial charge < -0.3 is 18.8 Å². The molecule has 5 heteroatoms. The van der Waals surface area contributed by atoms with Gasteiger partial charge in [-0.05, 0) is 33.8 Å². The van der Waals surface area contributed by atoms with Crippen LogP contribution in [0.1, 0.15) is 34.1 Å². The van der Waals surface area contributed by atoms with Crippen LogP contribution in [-0.2, 0) is 14.1 Å². The molecule has 0 saturated carbocycles. The molecule has 1 heterocycles. The summed E-state index contributed by atoms with van der Waals surface area (Å²) in [6.45, 7) is 8.43. The van der Waals surface area contributed by atoms with Gasteiger partial charge in [-0.3, -0.25) is 0 Å². The van der Waals surface area contributed by atoms with Gasteiger partial charge in [0.25, 0.3) is 0 Å². The molecule has 1 aliphatic heterocycles. The van der Waals surface area contributed by atoms with Crippen molar-refractivity contribution in [3.05, 3.63) is 24.3 Å². The van der Waals surface area contributed by atoms with Crippen LogP contribution in [0.4, 0.5) is 0 Å². The van der Waals surface area contributed by atoms with E-state index in [1.165, 1.54) is 0 Å². The zero-order valence-electron chi connectivity index (χ0n) is 12.5. The lowest BCUT2D eigenvalue weighted by Crippen LogP contribution is -2.41. The fourth-order valence-electron chi connectivity index (χ4n) is 1.99. The first-order chi connectivity index (χ1) is 9.37. The van der Waals surface area contributed by atoms with Crippen LogP contribution in [0.3, 0.4) is 0 Å². The average molecular weight is 276 g/mol. The van der Waals surface area contributed by atoms with Crippen molar-refractivity contribution in [2.75, 3.05) is 6.61 Å². The van der Waals surface area contributed by atoms with Crippen LogP contribution in [-0.4, -0.2) is 31.2 Å². The van der Waals surface area contributed by atoms with Crippen molar-refractivity contribution in [2.24, 2.45) is 0 Å². The predicted molar refractivity (Wildman–Crippen MR) is 78.3 cm³/mol. The molecule has 20 heavy (non-hydrogen) atoms. The molecule has 108 valence electrons. The highest BCUT2D eigenvalue weighted by Gasteiger charge is 2.52. The van der Waals surface area contributed by atoms with E-state index >= 15 is 0 Å². The van der Waals surface area contributed by atoms with Crippen LogP contribution < -0.4 is 10.2 Å². The van der Waals surface area contributed by atoms with E-state index in [0.29, 0.717) is 18.8 Å². The van der Waals surface area contributed by atoms with Gasteiger partial charge in [-0.2, -0.15) is 0 Å².